The van der Waals surface area contributed by atoms with Crippen LogP contribution in [0.15, 0.2) is 42.6 Å². The van der Waals surface area contributed by atoms with E-state index in [0.29, 0.717) is 17.5 Å². The van der Waals surface area contributed by atoms with Crippen molar-refractivity contribution in [2.45, 2.75) is 46.5 Å². The molecule has 130 valence electrons. The van der Waals surface area contributed by atoms with Gasteiger partial charge in [0.2, 0.25) is 0 Å². The molecule has 0 fully saturated rings. The highest BCUT2D eigenvalue weighted by Gasteiger charge is 2.18. The zero-order valence-corrected chi connectivity index (χ0v) is 15.5. The lowest BCUT2D eigenvalue weighted by Gasteiger charge is -2.19. The van der Waals surface area contributed by atoms with Crippen LogP contribution in [0.5, 0.6) is 0 Å². The second-order valence-electron chi connectivity index (χ2n) is 7.10. The van der Waals surface area contributed by atoms with Crippen LogP contribution in [0.3, 0.4) is 0 Å². The molecule has 1 N–H and O–H groups in total. The number of hydrogen-bond acceptors (Lipinski definition) is 2. The van der Waals surface area contributed by atoms with E-state index in [1.54, 1.807) is 6.20 Å². The summed E-state index contributed by atoms with van der Waals surface area (Å²) in [6.45, 7) is 10.6. The quantitative estimate of drug-likeness (QED) is 0.717. The van der Waals surface area contributed by atoms with Gasteiger partial charge in [0, 0.05) is 17.6 Å². The third-order valence-electron chi connectivity index (χ3n) is 4.54. The average molecular weight is 335 g/mol. The van der Waals surface area contributed by atoms with Crippen molar-refractivity contribution in [2.24, 2.45) is 0 Å². The van der Waals surface area contributed by atoms with E-state index in [4.69, 9.17) is 0 Å². The van der Waals surface area contributed by atoms with E-state index in [0.717, 1.165) is 28.2 Å². The highest BCUT2D eigenvalue weighted by molar-refractivity contribution is 6.04. The minimum atomic E-state index is -0.168. The number of aryl methyl sites for hydroxylation is 1. The number of nitrogens with one attached hydrogen (secondary N) is 1. The standard InChI is InChI=1S/C21H25N3O/c1-13(2)16-9-7-10-17(14(3)4)20(16)23-21(25)18-12-24-15(5)8-6-11-19(24)22-18/h6-14H,1-5H3,(H,23,25). The first-order valence-electron chi connectivity index (χ1n) is 8.77. The molecule has 3 rings (SSSR count). The topological polar surface area (TPSA) is 46.4 Å². The van der Waals surface area contributed by atoms with Crippen molar-refractivity contribution in [1.29, 1.82) is 0 Å². The van der Waals surface area contributed by atoms with E-state index in [2.05, 4.69) is 56.2 Å². The van der Waals surface area contributed by atoms with Crippen molar-refractivity contribution in [3.8, 4) is 0 Å². The Labute approximate surface area is 148 Å². The fourth-order valence-electron chi connectivity index (χ4n) is 3.13. The number of para-hydroxylation sites is 1. The summed E-state index contributed by atoms with van der Waals surface area (Å²) in [7, 11) is 0. The number of benzene rings is 1. The molecule has 0 unspecified atom stereocenters. The molecule has 0 aliphatic rings. The lowest BCUT2D eigenvalue weighted by atomic mass is 9.92. The lowest BCUT2D eigenvalue weighted by Crippen LogP contribution is -2.16. The van der Waals surface area contributed by atoms with Crippen LogP contribution < -0.4 is 5.32 Å². The van der Waals surface area contributed by atoms with Gasteiger partial charge >= 0.3 is 0 Å². The van der Waals surface area contributed by atoms with Crippen LogP contribution in [-0.4, -0.2) is 15.3 Å². The third-order valence-corrected chi connectivity index (χ3v) is 4.54. The highest BCUT2D eigenvalue weighted by Crippen LogP contribution is 2.32. The van der Waals surface area contributed by atoms with Crippen molar-refractivity contribution in [3.05, 3.63) is 65.1 Å². The second kappa shape index (κ2) is 6.71. The summed E-state index contributed by atoms with van der Waals surface area (Å²) >= 11 is 0. The Kier molecular flexibility index (Phi) is 4.62. The summed E-state index contributed by atoms with van der Waals surface area (Å²) in [6, 6.07) is 12.1. The van der Waals surface area contributed by atoms with E-state index in [9.17, 15) is 4.79 Å². The van der Waals surface area contributed by atoms with Gasteiger partial charge in [-0.05, 0) is 42.0 Å². The average Bonchev–Trinajstić information content (AvgIpc) is 3.00. The minimum absolute atomic E-state index is 0.168. The monoisotopic (exact) mass is 335 g/mol. The van der Waals surface area contributed by atoms with Gasteiger partial charge in [-0.15, -0.1) is 0 Å². The summed E-state index contributed by atoms with van der Waals surface area (Å²) in [5.74, 6) is 0.493. The molecule has 0 radical (unpaired) electrons. The number of nitrogens with zero attached hydrogens (tertiary/aromatic N) is 2. The molecule has 0 atom stereocenters. The summed E-state index contributed by atoms with van der Waals surface area (Å²) in [5.41, 5.74) is 5.49. The van der Waals surface area contributed by atoms with Crippen LogP contribution in [0.1, 0.15) is 66.8 Å². The van der Waals surface area contributed by atoms with E-state index in [-0.39, 0.29) is 5.91 Å². The zero-order chi connectivity index (χ0) is 18.1. The van der Waals surface area contributed by atoms with Gasteiger partial charge in [-0.25, -0.2) is 4.98 Å². The molecule has 3 aromatic rings. The van der Waals surface area contributed by atoms with E-state index < -0.39 is 0 Å². The van der Waals surface area contributed by atoms with Gasteiger partial charge in [-0.2, -0.15) is 0 Å². The summed E-state index contributed by atoms with van der Waals surface area (Å²) in [6.07, 6.45) is 1.80. The number of imidazole rings is 1. The second-order valence-corrected chi connectivity index (χ2v) is 7.10. The SMILES string of the molecule is Cc1cccc2nc(C(=O)Nc3c(C(C)C)cccc3C(C)C)cn12. The Bertz CT molecular complexity index is 896. The molecule has 1 aromatic carbocycles. The smallest absolute Gasteiger partial charge is 0.275 e. The highest BCUT2D eigenvalue weighted by atomic mass is 16.1. The summed E-state index contributed by atoms with van der Waals surface area (Å²) in [4.78, 5) is 17.3. The predicted molar refractivity (Wildman–Crippen MR) is 103 cm³/mol. The van der Waals surface area contributed by atoms with Gasteiger partial charge in [-0.1, -0.05) is 52.0 Å². The molecule has 4 nitrogen and oxygen atoms in total. The van der Waals surface area contributed by atoms with Crippen LogP contribution >= 0.6 is 0 Å². The number of rotatable bonds is 4. The number of anilines is 1. The van der Waals surface area contributed by atoms with Crippen LogP contribution in [0.4, 0.5) is 5.69 Å². The molecule has 4 heteroatoms. The van der Waals surface area contributed by atoms with Gasteiger partial charge in [0.15, 0.2) is 0 Å². The molecule has 0 bridgehead atoms. The number of pyridine rings is 1. The van der Waals surface area contributed by atoms with Gasteiger partial charge in [0.05, 0.1) is 0 Å². The first-order valence-corrected chi connectivity index (χ1v) is 8.77. The Balaban J connectivity index is 2.01. The first-order chi connectivity index (χ1) is 11.9. The maximum atomic E-state index is 12.9. The van der Waals surface area contributed by atoms with Crippen LogP contribution in [0.2, 0.25) is 0 Å². The number of carbonyl (C=O) groups excluding carboxylic acids is 1. The number of aromatic nitrogens is 2. The van der Waals surface area contributed by atoms with Gasteiger partial charge in [-0.3, -0.25) is 4.79 Å². The molecule has 1 amide bonds. The Hall–Kier alpha value is -2.62. The number of hydrogen-bond donors (Lipinski definition) is 1. The molecule has 0 aliphatic heterocycles. The fraction of sp³-hybridized carbons (Fsp3) is 0.333. The maximum absolute atomic E-state index is 12.9. The molecular weight excluding hydrogens is 310 g/mol. The lowest BCUT2D eigenvalue weighted by molar-refractivity contribution is 0.102. The summed E-state index contributed by atoms with van der Waals surface area (Å²) < 4.78 is 1.94. The molecule has 0 saturated heterocycles. The van der Waals surface area contributed by atoms with Gasteiger partial charge < -0.3 is 9.72 Å². The van der Waals surface area contributed by atoms with Crippen molar-refractivity contribution < 1.29 is 4.79 Å². The Morgan fingerprint density at radius 2 is 1.60 bits per heavy atom. The van der Waals surface area contributed by atoms with Crippen LogP contribution in [0, 0.1) is 6.92 Å². The van der Waals surface area contributed by atoms with E-state index in [1.165, 1.54) is 0 Å². The van der Waals surface area contributed by atoms with Crippen molar-refractivity contribution >= 4 is 17.2 Å². The number of fused-ring (bicyclic) bond motifs is 1. The Morgan fingerprint density at radius 1 is 1.00 bits per heavy atom. The predicted octanol–water partition coefficient (Wildman–Crippen LogP) is 5.14. The third kappa shape index (κ3) is 3.29. The largest absolute Gasteiger partial charge is 0.320 e. The molecule has 2 aromatic heterocycles. The maximum Gasteiger partial charge on any atom is 0.275 e. The van der Waals surface area contributed by atoms with Crippen LogP contribution in [0.25, 0.3) is 5.65 Å². The molecule has 25 heavy (non-hydrogen) atoms. The Morgan fingerprint density at radius 3 is 2.16 bits per heavy atom. The summed E-state index contributed by atoms with van der Waals surface area (Å²) in [5, 5.41) is 3.12. The molecule has 0 saturated carbocycles. The van der Waals surface area contributed by atoms with Crippen molar-refractivity contribution in [3.63, 3.8) is 0 Å². The van der Waals surface area contributed by atoms with Crippen LogP contribution in [-0.2, 0) is 0 Å². The normalized spacial score (nSPS) is 11.5. The molecule has 0 aliphatic carbocycles. The van der Waals surface area contributed by atoms with Gasteiger partial charge in [0.1, 0.15) is 11.3 Å². The number of carbonyl (C=O) groups is 1. The van der Waals surface area contributed by atoms with E-state index >= 15 is 0 Å². The van der Waals surface area contributed by atoms with Crippen molar-refractivity contribution in [1.82, 2.24) is 9.38 Å². The zero-order valence-electron chi connectivity index (χ0n) is 15.5. The molecule has 0 spiro atoms. The molecular formula is C21H25N3O. The first kappa shape index (κ1) is 17.2. The molecule has 2 heterocycles. The number of amides is 1. The van der Waals surface area contributed by atoms with Gasteiger partial charge in [0.25, 0.3) is 5.91 Å². The minimum Gasteiger partial charge on any atom is -0.320 e. The fourth-order valence-corrected chi connectivity index (χ4v) is 3.13. The van der Waals surface area contributed by atoms with E-state index in [1.807, 2.05) is 29.5 Å². The van der Waals surface area contributed by atoms with Crippen molar-refractivity contribution in [2.75, 3.05) is 5.32 Å².